The summed E-state index contributed by atoms with van der Waals surface area (Å²) in [6.45, 7) is 21.6. The number of ether oxygens (including phenoxy) is 4. The largest absolute Gasteiger partial charge is 0.459 e. The average Bonchev–Trinajstić information content (AvgIpc) is 0.810. The van der Waals surface area contributed by atoms with E-state index in [4.69, 9.17) is 34.5 Å². The molecule has 6 heterocycles. The summed E-state index contributed by atoms with van der Waals surface area (Å²) >= 11 is 0. The van der Waals surface area contributed by atoms with Crippen LogP contribution in [0.25, 0.3) is 0 Å². The highest BCUT2D eigenvalue weighted by Gasteiger charge is 2.53. The second-order valence-corrected chi connectivity index (χ2v) is 26.4. The molecule has 5 aliphatic rings. The number of anilines is 2. The lowest BCUT2D eigenvalue weighted by Crippen LogP contribution is -2.61. The minimum absolute atomic E-state index is 0.00717. The second-order valence-electron chi connectivity index (χ2n) is 26.4. The van der Waals surface area contributed by atoms with Gasteiger partial charge in [0, 0.05) is 127 Å². The van der Waals surface area contributed by atoms with E-state index in [0.717, 1.165) is 40.4 Å². The number of hydrogen-bond donors (Lipinski definition) is 6. The first-order valence-corrected chi connectivity index (χ1v) is 33.1. The fourth-order valence-electron chi connectivity index (χ4n) is 13.3. The van der Waals surface area contributed by atoms with Gasteiger partial charge in [-0.05, 0) is 120 Å². The van der Waals surface area contributed by atoms with Gasteiger partial charge in [0.05, 0.1) is 41.9 Å². The van der Waals surface area contributed by atoms with Crippen LogP contribution in [0.5, 0.6) is 0 Å². The van der Waals surface area contributed by atoms with E-state index >= 15 is 0 Å². The predicted molar refractivity (Wildman–Crippen MR) is 348 cm³/mol. The number of amides is 2. The molecule has 0 aromatic carbocycles. The highest BCUT2D eigenvalue weighted by atomic mass is 16.6. The van der Waals surface area contributed by atoms with Crippen molar-refractivity contribution in [1.29, 1.82) is 0 Å². The summed E-state index contributed by atoms with van der Waals surface area (Å²) in [5.41, 5.74) is 11.0. The van der Waals surface area contributed by atoms with E-state index in [1.807, 2.05) is 65.2 Å². The minimum Gasteiger partial charge on any atom is -0.459 e. The zero-order valence-corrected chi connectivity index (χ0v) is 55.8. The Morgan fingerprint density at radius 3 is 2.26 bits per heavy atom. The Balaban J connectivity index is 1.00. The number of aliphatic hydroxyl groups is 5. The van der Waals surface area contributed by atoms with E-state index in [2.05, 4.69) is 36.5 Å². The van der Waals surface area contributed by atoms with Crippen LogP contribution in [-0.4, -0.2) is 211 Å². The Labute approximate surface area is 543 Å². The summed E-state index contributed by atoms with van der Waals surface area (Å²) in [7, 11) is 3.11. The monoisotopic (exact) mass is 1280 g/mol. The molecule has 2 amide bonds. The number of ketones is 1. The molecule has 0 spiro atoms. The van der Waals surface area contributed by atoms with E-state index in [0.29, 0.717) is 102 Å². The summed E-state index contributed by atoms with van der Waals surface area (Å²) in [5, 5.41) is 62.7. The summed E-state index contributed by atoms with van der Waals surface area (Å²) in [6.07, 6.45) is 12.1. The molecule has 2 aromatic rings. The van der Waals surface area contributed by atoms with E-state index in [9.17, 15) is 44.7 Å². The number of piperazine rings is 1. The Kier molecular flexibility index (Phi) is 27.4. The van der Waals surface area contributed by atoms with Crippen molar-refractivity contribution in [3.8, 4) is 0 Å². The predicted octanol–water partition coefficient (Wildman–Crippen LogP) is 5.25. The number of fused-ring (bicyclic) bond motifs is 1. The molecule has 510 valence electrons. The van der Waals surface area contributed by atoms with Crippen LogP contribution in [0.2, 0.25) is 0 Å². The smallest absolute Gasteiger partial charge is 0.329 e. The third-order valence-electron chi connectivity index (χ3n) is 19.4. The second kappa shape index (κ2) is 34.4. The van der Waals surface area contributed by atoms with Crippen LogP contribution >= 0.6 is 0 Å². The van der Waals surface area contributed by atoms with Gasteiger partial charge in [0.2, 0.25) is 17.7 Å². The number of nitrogens with two attached hydrogens (primary N) is 1. The number of likely N-dealkylation sites (tertiary alicyclic amines) is 1. The van der Waals surface area contributed by atoms with Gasteiger partial charge in [0.15, 0.2) is 6.61 Å². The van der Waals surface area contributed by atoms with Gasteiger partial charge >= 0.3 is 5.97 Å². The standard InChI is InChI=1S/C68H104N10O14/c1-12-14-17-43(5)56(88-10)34-50-21-19-47(9)68(87,92-50)63(84)64(85)78-24-16-15-18-53(78)65(86)91-57(51(69)32-48-20-22-54(79)58(33-48)89-11)35-55(80)44(6)31-46(8)61(82)62(83)60(45(7)30-41(3)13-2)74-90-40-59(81)77-25-23-52-49(39-77)38-72-67(73-52)76-28-26-75(27-29-76)66-70-36-42(4)37-71-66/h12-14,17,31,36-38,41,44-45,47-48,50-51,53-58,61-62,79-80,82-83,87H,2,15-16,18-30,32-35,39-40,69H2,1,3-11H3/b14-12+,43-17+,46-31+,74-60+/t41-,44-,45-,47-,48+,50+,51-,53+,54-,55-,56+,57+,58-,61-,62+,68-/m1/s1. The Morgan fingerprint density at radius 2 is 1.59 bits per heavy atom. The van der Waals surface area contributed by atoms with Crippen LogP contribution < -0.4 is 15.5 Å². The minimum atomic E-state index is -2.47. The normalized spacial score (nSPS) is 26.6. The molecule has 92 heavy (non-hydrogen) atoms. The molecule has 2 aromatic heterocycles. The number of carbonyl (C=O) groups is 4. The number of Topliss-reactive ketones (excluding diaryl/α,β-unsaturated/α-hetero) is 1. The SMILES string of the molecule is C=C[C@@H](C)C[C@@H](C)/C(=N\OCC(=O)N1CCc2nc(N3CCN(c4ncc(C)cn4)CC3)ncc2C1)[C@H](O)[C@H](O)/C(C)=C/[C@@H](C)[C@H](O)C[C@H](OC(=O)[C@@H]1CCCCN1C(=O)C(=O)[C@]1(O)O[C@H](C[C@H](OC)/C(C)=C/C=C/C)CC[C@H]1C)[C@H](N)C[C@@H]1CC[C@@H](O)[C@H](OC)C1. The highest BCUT2D eigenvalue weighted by molar-refractivity contribution is 6.39. The molecule has 4 aliphatic heterocycles. The van der Waals surface area contributed by atoms with Crippen LogP contribution in [-0.2, 0) is 55.9 Å². The third-order valence-corrected chi connectivity index (χ3v) is 19.4. The van der Waals surface area contributed by atoms with Crippen molar-refractivity contribution in [1.82, 2.24) is 29.7 Å². The molecule has 3 saturated heterocycles. The first-order valence-electron chi connectivity index (χ1n) is 33.1. The van der Waals surface area contributed by atoms with Crippen molar-refractivity contribution >= 4 is 41.2 Å². The zero-order valence-electron chi connectivity index (χ0n) is 55.8. The number of piperidine rings is 1. The maximum atomic E-state index is 14.6. The van der Waals surface area contributed by atoms with E-state index < -0.39 is 103 Å². The highest BCUT2D eigenvalue weighted by Crippen LogP contribution is 2.38. The molecule has 24 nitrogen and oxygen atoms in total. The van der Waals surface area contributed by atoms with E-state index in [1.165, 1.54) is 7.11 Å². The van der Waals surface area contributed by atoms with Gasteiger partial charge in [-0.15, -0.1) is 6.58 Å². The Hall–Kier alpha value is -6.09. The van der Waals surface area contributed by atoms with Crippen LogP contribution in [0.1, 0.15) is 142 Å². The van der Waals surface area contributed by atoms with Crippen molar-refractivity contribution in [2.75, 3.05) is 69.9 Å². The van der Waals surface area contributed by atoms with Crippen molar-refractivity contribution in [2.24, 2.45) is 40.5 Å². The molecule has 4 fully saturated rings. The van der Waals surface area contributed by atoms with Gasteiger partial charge in [-0.3, -0.25) is 14.4 Å². The molecule has 7 N–H and O–H groups in total. The lowest BCUT2D eigenvalue weighted by atomic mass is 9.80. The molecule has 16 atom stereocenters. The number of hydrogen-bond acceptors (Lipinski definition) is 22. The maximum Gasteiger partial charge on any atom is 0.329 e. The Bertz CT molecular complexity index is 2900. The van der Waals surface area contributed by atoms with Gasteiger partial charge in [-0.2, -0.15) is 0 Å². The van der Waals surface area contributed by atoms with Gasteiger partial charge in [0.1, 0.15) is 24.4 Å². The van der Waals surface area contributed by atoms with Crippen molar-refractivity contribution in [2.45, 2.75) is 212 Å². The lowest BCUT2D eigenvalue weighted by molar-refractivity contribution is -0.265. The van der Waals surface area contributed by atoms with Crippen LogP contribution in [0.4, 0.5) is 11.9 Å². The number of allylic oxidation sites excluding steroid dienone is 4. The first-order chi connectivity index (χ1) is 43.9. The molecule has 0 bridgehead atoms. The molecule has 1 aliphatic carbocycles. The summed E-state index contributed by atoms with van der Waals surface area (Å²) in [4.78, 5) is 88.4. The van der Waals surface area contributed by atoms with E-state index in [-0.39, 0.29) is 61.1 Å². The molecule has 0 unspecified atom stereocenters. The summed E-state index contributed by atoms with van der Waals surface area (Å²) in [5.74, 6) is -6.46. The van der Waals surface area contributed by atoms with E-state index in [1.54, 1.807) is 51.1 Å². The molecular formula is C68H104N10O14. The maximum absolute atomic E-state index is 14.6. The molecule has 7 rings (SSSR count). The lowest BCUT2D eigenvalue weighted by Gasteiger charge is -2.42. The number of rotatable bonds is 29. The average molecular weight is 1290 g/mol. The quantitative estimate of drug-likeness (QED) is 0.0151. The number of methoxy groups -OCH3 is 2. The fraction of sp³-hybridized carbons (Fsp3) is 0.691. The van der Waals surface area contributed by atoms with Gasteiger partial charge in [-0.25, -0.2) is 24.7 Å². The van der Waals surface area contributed by atoms with Gasteiger partial charge in [0.25, 0.3) is 17.6 Å². The van der Waals surface area contributed by atoms with Crippen LogP contribution in [0.3, 0.4) is 0 Å². The fourth-order valence-corrected chi connectivity index (χ4v) is 13.3. The summed E-state index contributed by atoms with van der Waals surface area (Å²) < 4.78 is 23.8. The molecule has 1 saturated carbocycles. The molecule has 24 heteroatoms. The summed E-state index contributed by atoms with van der Waals surface area (Å²) in [6, 6.07) is -2.06. The number of oxime groups is 1. The molecule has 0 radical (unpaired) electrons. The number of aryl methyl sites for hydroxylation is 1. The van der Waals surface area contributed by atoms with Crippen LogP contribution in [0, 0.1) is 36.5 Å². The third kappa shape index (κ3) is 19.1. The van der Waals surface area contributed by atoms with Crippen molar-refractivity contribution in [3.05, 3.63) is 83.5 Å². The van der Waals surface area contributed by atoms with Crippen molar-refractivity contribution in [3.63, 3.8) is 0 Å². The number of nitrogens with zero attached hydrogens (tertiary/aromatic N) is 9. The van der Waals surface area contributed by atoms with Crippen LogP contribution in [0.15, 0.2) is 71.9 Å². The Morgan fingerprint density at radius 1 is 0.891 bits per heavy atom. The zero-order chi connectivity index (χ0) is 67.0. The number of esters is 1. The van der Waals surface area contributed by atoms with Gasteiger partial charge < -0.3 is 74.7 Å². The topological polar surface area (TPSA) is 318 Å². The number of aliphatic hydroxyl groups excluding tert-OH is 4. The van der Waals surface area contributed by atoms with Crippen molar-refractivity contribution < 1.29 is 68.5 Å². The number of carbonyl (C=O) groups excluding carboxylic acids is 4. The molecular weight excluding hydrogens is 1180 g/mol. The van der Waals surface area contributed by atoms with Gasteiger partial charge in [-0.1, -0.05) is 63.2 Å². The first kappa shape index (κ1) is 73.3. The number of aromatic nitrogens is 4.